The Labute approximate surface area is 92.4 Å². The normalized spacial score (nSPS) is 19.3. The first-order valence-electron chi connectivity index (χ1n) is 5.31. The maximum absolute atomic E-state index is 5.88. The van der Waals surface area contributed by atoms with Crippen LogP contribution in [-0.4, -0.2) is 10.9 Å². The van der Waals surface area contributed by atoms with Crippen LogP contribution in [0, 0.1) is 6.92 Å². The zero-order valence-corrected chi connectivity index (χ0v) is 9.56. The molecular formula is C11H14N2OS. The van der Waals surface area contributed by atoms with Crippen molar-refractivity contribution in [3.8, 4) is 0 Å². The second-order valence-corrected chi connectivity index (χ2v) is 5.22. The van der Waals surface area contributed by atoms with Crippen LogP contribution in [0.3, 0.4) is 0 Å². The van der Waals surface area contributed by atoms with Gasteiger partial charge in [-0.05, 0) is 37.4 Å². The van der Waals surface area contributed by atoms with Crippen molar-refractivity contribution in [3.63, 3.8) is 0 Å². The average Bonchev–Trinajstić information content (AvgIpc) is 2.65. The van der Waals surface area contributed by atoms with Crippen molar-refractivity contribution in [2.75, 3.05) is 6.54 Å². The largest absolute Gasteiger partial charge is 0.458 e. The highest BCUT2D eigenvalue weighted by molar-refractivity contribution is 7.13. The minimum Gasteiger partial charge on any atom is -0.458 e. The molecule has 80 valence electrons. The van der Waals surface area contributed by atoms with Crippen molar-refractivity contribution in [3.05, 3.63) is 17.5 Å². The molecule has 0 spiro atoms. The van der Waals surface area contributed by atoms with Gasteiger partial charge in [0.2, 0.25) is 0 Å². The second-order valence-electron chi connectivity index (χ2n) is 4.42. The molecule has 1 saturated carbocycles. The molecule has 2 heterocycles. The fraction of sp³-hybridized carbons (Fsp3) is 0.545. The van der Waals surface area contributed by atoms with Gasteiger partial charge in [-0.25, -0.2) is 0 Å². The highest BCUT2D eigenvalue weighted by Gasteiger charge is 2.41. The molecule has 4 heteroatoms. The molecule has 3 nitrogen and oxygen atoms in total. The molecule has 2 aromatic rings. The maximum atomic E-state index is 5.88. The van der Waals surface area contributed by atoms with Gasteiger partial charge in [-0.2, -0.15) is 4.37 Å². The van der Waals surface area contributed by atoms with Crippen molar-refractivity contribution in [1.82, 2.24) is 4.37 Å². The fourth-order valence-electron chi connectivity index (χ4n) is 2.34. The molecule has 0 saturated heterocycles. The third-order valence-electron chi connectivity index (χ3n) is 3.48. The molecule has 0 amide bonds. The van der Waals surface area contributed by atoms with Crippen LogP contribution in [0.25, 0.3) is 10.3 Å². The van der Waals surface area contributed by atoms with E-state index in [1.807, 2.05) is 6.92 Å². The van der Waals surface area contributed by atoms with E-state index >= 15 is 0 Å². The fourth-order valence-corrected chi connectivity index (χ4v) is 3.24. The number of furan rings is 1. The van der Waals surface area contributed by atoms with Crippen LogP contribution in [-0.2, 0) is 5.41 Å². The summed E-state index contributed by atoms with van der Waals surface area (Å²) in [6, 6.07) is 2.05. The van der Waals surface area contributed by atoms with Crippen LogP contribution in [0.2, 0.25) is 0 Å². The van der Waals surface area contributed by atoms with E-state index < -0.39 is 0 Å². The summed E-state index contributed by atoms with van der Waals surface area (Å²) < 4.78 is 11.4. The Morgan fingerprint density at radius 1 is 1.60 bits per heavy atom. The Hall–Kier alpha value is -0.870. The van der Waals surface area contributed by atoms with Crippen molar-refractivity contribution >= 4 is 21.8 Å². The molecule has 15 heavy (non-hydrogen) atoms. The van der Waals surface area contributed by atoms with Crippen molar-refractivity contribution < 1.29 is 4.42 Å². The van der Waals surface area contributed by atoms with Crippen LogP contribution < -0.4 is 5.73 Å². The number of hydrogen-bond acceptors (Lipinski definition) is 4. The minimum atomic E-state index is 0.114. The van der Waals surface area contributed by atoms with E-state index in [4.69, 9.17) is 10.2 Å². The van der Waals surface area contributed by atoms with Gasteiger partial charge in [-0.1, -0.05) is 6.42 Å². The molecule has 0 aromatic carbocycles. The third-order valence-corrected chi connectivity index (χ3v) is 4.25. The van der Waals surface area contributed by atoms with Crippen LogP contribution in [0.1, 0.15) is 30.7 Å². The Morgan fingerprint density at radius 3 is 3.00 bits per heavy atom. The lowest BCUT2D eigenvalue weighted by Gasteiger charge is -2.39. The highest BCUT2D eigenvalue weighted by atomic mass is 32.1. The van der Waals surface area contributed by atoms with Crippen molar-refractivity contribution in [1.29, 1.82) is 0 Å². The summed E-state index contributed by atoms with van der Waals surface area (Å²) in [4.78, 5) is 0. The number of nitrogens with zero attached hydrogens (tertiary/aromatic N) is 1. The summed E-state index contributed by atoms with van der Waals surface area (Å²) in [6.45, 7) is 2.66. The molecule has 2 aromatic heterocycles. The average molecular weight is 222 g/mol. The van der Waals surface area contributed by atoms with Crippen LogP contribution in [0.4, 0.5) is 0 Å². The molecule has 0 unspecified atom stereocenters. The van der Waals surface area contributed by atoms with Gasteiger partial charge in [0.25, 0.3) is 0 Å². The van der Waals surface area contributed by atoms with E-state index in [-0.39, 0.29) is 5.41 Å². The predicted molar refractivity (Wildman–Crippen MR) is 61.2 cm³/mol. The first-order chi connectivity index (χ1) is 7.25. The molecule has 2 N–H and O–H groups in total. The standard InChI is InChI=1S/C11H14N2OS/c1-7-5-8-9(14-7)10(13-15-8)11(6-12)3-2-4-11/h5H,2-4,6,12H2,1H3. The summed E-state index contributed by atoms with van der Waals surface area (Å²) in [5.41, 5.74) is 8.07. The third kappa shape index (κ3) is 1.18. The van der Waals surface area contributed by atoms with Crippen molar-refractivity contribution in [2.24, 2.45) is 5.73 Å². The first-order valence-corrected chi connectivity index (χ1v) is 6.09. The summed E-state index contributed by atoms with van der Waals surface area (Å²) in [5, 5.41) is 0. The Kier molecular flexibility index (Phi) is 1.91. The lowest BCUT2D eigenvalue weighted by Crippen LogP contribution is -2.41. The molecule has 1 aliphatic carbocycles. The topological polar surface area (TPSA) is 52.0 Å². The molecule has 0 radical (unpaired) electrons. The number of rotatable bonds is 2. The summed E-state index contributed by atoms with van der Waals surface area (Å²) in [5.74, 6) is 0.964. The monoisotopic (exact) mass is 222 g/mol. The summed E-state index contributed by atoms with van der Waals surface area (Å²) in [7, 11) is 0. The zero-order valence-electron chi connectivity index (χ0n) is 8.75. The van der Waals surface area contributed by atoms with Gasteiger partial charge < -0.3 is 10.2 Å². The van der Waals surface area contributed by atoms with Crippen LogP contribution >= 0.6 is 11.5 Å². The smallest absolute Gasteiger partial charge is 0.168 e. The van der Waals surface area contributed by atoms with Gasteiger partial charge in [0, 0.05) is 12.0 Å². The van der Waals surface area contributed by atoms with Gasteiger partial charge in [0.1, 0.15) is 11.5 Å². The number of aryl methyl sites for hydroxylation is 1. The van der Waals surface area contributed by atoms with Gasteiger partial charge in [-0.15, -0.1) is 0 Å². The molecule has 0 aliphatic heterocycles. The summed E-state index contributed by atoms with van der Waals surface area (Å²) >= 11 is 1.53. The quantitative estimate of drug-likeness (QED) is 0.849. The lowest BCUT2D eigenvalue weighted by molar-refractivity contribution is 0.247. The predicted octanol–water partition coefficient (Wildman–Crippen LogP) is 2.58. The zero-order chi connectivity index (χ0) is 10.5. The van der Waals surface area contributed by atoms with E-state index in [0.29, 0.717) is 6.54 Å². The summed E-state index contributed by atoms with van der Waals surface area (Å²) in [6.07, 6.45) is 3.57. The Bertz CT molecular complexity index is 490. The molecule has 3 rings (SSSR count). The maximum Gasteiger partial charge on any atom is 0.168 e. The molecule has 0 atom stereocenters. The van der Waals surface area contributed by atoms with E-state index in [2.05, 4.69) is 10.4 Å². The number of nitrogens with two attached hydrogens (primary N) is 1. The SMILES string of the molecule is Cc1cc2snc(C3(CN)CCC3)c2o1. The Balaban J connectivity index is 2.17. The number of fused-ring (bicyclic) bond motifs is 1. The Morgan fingerprint density at radius 2 is 2.40 bits per heavy atom. The van der Waals surface area contributed by atoms with E-state index in [1.165, 1.54) is 18.0 Å². The second kappa shape index (κ2) is 3.06. The lowest BCUT2D eigenvalue weighted by atomic mass is 9.66. The van der Waals surface area contributed by atoms with Gasteiger partial charge in [0.15, 0.2) is 5.58 Å². The van der Waals surface area contributed by atoms with E-state index in [1.54, 1.807) is 0 Å². The molecule has 1 fully saturated rings. The van der Waals surface area contributed by atoms with Gasteiger partial charge in [-0.3, -0.25) is 0 Å². The molecule has 0 bridgehead atoms. The first kappa shape index (κ1) is 9.36. The molecule has 1 aliphatic rings. The van der Waals surface area contributed by atoms with Gasteiger partial charge in [0.05, 0.1) is 4.70 Å². The van der Waals surface area contributed by atoms with Crippen LogP contribution in [0.15, 0.2) is 10.5 Å². The number of hydrogen-bond donors (Lipinski definition) is 1. The van der Waals surface area contributed by atoms with Gasteiger partial charge >= 0.3 is 0 Å². The van der Waals surface area contributed by atoms with Crippen LogP contribution in [0.5, 0.6) is 0 Å². The van der Waals surface area contributed by atoms with Crippen molar-refractivity contribution in [2.45, 2.75) is 31.6 Å². The minimum absolute atomic E-state index is 0.114. The highest BCUT2D eigenvalue weighted by Crippen LogP contribution is 2.46. The number of aromatic nitrogens is 1. The molecular weight excluding hydrogens is 208 g/mol. The van der Waals surface area contributed by atoms with E-state index in [9.17, 15) is 0 Å². The van der Waals surface area contributed by atoms with E-state index in [0.717, 1.165) is 34.6 Å².